The molecule has 20 heavy (non-hydrogen) atoms. The van der Waals surface area contributed by atoms with Gasteiger partial charge in [0.05, 0.1) is 17.3 Å². The van der Waals surface area contributed by atoms with Crippen molar-refractivity contribution in [2.75, 3.05) is 0 Å². The van der Waals surface area contributed by atoms with Crippen LogP contribution in [0.1, 0.15) is 15.9 Å². The van der Waals surface area contributed by atoms with Crippen molar-refractivity contribution < 1.29 is 9.53 Å². The number of hydrogen-bond donors (Lipinski definition) is 0. The molecule has 4 nitrogen and oxygen atoms in total. The summed E-state index contributed by atoms with van der Waals surface area (Å²) in [6, 6.07) is 15.1. The fraction of sp³-hybridized carbons (Fsp3) is 0.125. The summed E-state index contributed by atoms with van der Waals surface area (Å²) in [6.45, 7) is 0.281. The van der Waals surface area contributed by atoms with Crippen LogP contribution in [-0.4, -0.2) is 15.7 Å². The SMILES string of the molecule is Cn1ncc2ccc(C(=O)OCc3ccccc3)cc21. The van der Waals surface area contributed by atoms with Crippen molar-refractivity contribution in [2.24, 2.45) is 7.05 Å². The molecule has 3 rings (SSSR count). The highest BCUT2D eigenvalue weighted by atomic mass is 16.5. The van der Waals surface area contributed by atoms with Gasteiger partial charge in [-0.2, -0.15) is 5.10 Å². The minimum atomic E-state index is -0.322. The molecule has 0 aliphatic rings. The van der Waals surface area contributed by atoms with Crippen molar-refractivity contribution >= 4 is 16.9 Å². The van der Waals surface area contributed by atoms with E-state index in [0.717, 1.165) is 16.5 Å². The Labute approximate surface area is 116 Å². The second-order valence-corrected chi connectivity index (χ2v) is 4.60. The van der Waals surface area contributed by atoms with Crippen molar-refractivity contribution in [1.29, 1.82) is 0 Å². The molecule has 1 aromatic heterocycles. The quantitative estimate of drug-likeness (QED) is 0.685. The Balaban J connectivity index is 1.77. The Morgan fingerprint density at radius 3 is 2.80 bits per heavy atom. The molecule has 0 atom stereocenters. The van der Waals surface area contributed by atoms with Crippen LogP contribution in [0.3, 0.4) is 0 Å². The van der Waals surface area contributed by atoms with E-state index in [-0.39, 0.29) is 12.6 Å². The van der Waals surface area contributed by atoms with Crippen LogP contribution >= 0.6 is 0 Å². The Kier molecular flexibility index (Phi) is 3.21. The average Bonchev–Trinajstić information content (AvgIpc) is 2.87. The number of carbonyl (C=O) groups excluding carboxylic acids is 1. The van der Waals surface area contributed by atoms with E-state index in [1.165, 1.54) is 0 Å². The molecule has 0 N–H and O–H groups in total. The topological polar surface area (TPSA) is 44.1 Å². The van der Waals surface area contributed by atoms with E-state index >= 15 is 0 Å². The smallest absolute Gasteiger partial charge is 0.338 e. The van der Waals surface area contributed by atoms with Gasteiger partial charge in [-0.05, 0) is 17.7 Å². The number of benzene rings is 2. The van der Waals surface area contributed by atoms with E-state index in [1.807, 2.05) is 43.4 Å². The van der Waals surface area contributed by atoms with Crippen LogP contribution in [0.2, 0.25) is 0 Å². The van der Waals surface area contributed by atoms with Gasteiger partial charge in [0.15, 0.2) is 0 Å². The molecule has 4 heteroatoms. The Morgan fingerprint density at radius 2 is 2.00 bits per heavy atom. The van der Waals surface area contributed by atoms with E-state index in [4.69, 9.17) is 4.74 Å². The van der Waals surface area contributed by atoms with Crippen LogP contribution in [-0.2, 0) is 18.4 Å². The minimum Gasteiger partial charge on any atom is -0.457 e. The summed E-state index contributed by atoms with van der Waals surface area (Å²) in [5.74, 6) is -0.322. The summed E-state index contributed by atoms with van der Waals surface area (Å²) in [7, 11) is 1.85. The monoisotopic (exact) mass is 266 g/mol. The van der Waals surface area contributed by atoms with Gasteiger partial charge in [-0.1, -0.05) is 36.4 Å². The fourth-order valence-electron chi connectivity index (χ4n) is 2.08. The van der Waals surface area contributed by atoms with E-state index in [9.17, 15) is 4.79 Å². The van der Waals surface area contributed by atoms with Gasteiger partial charge in [0, 0.05) is 12.4 Å². The number of ether oxygens (including phenoxy) is 1. The second kappa shape index (κ2) is 5.17. The van der Waals surface area contributed by atoms with Crippen molar-refractivity contribution in [3.63, 3.8) is 0 Å². The summed E-state index contributed by atoms with van der Waals surface area (Å²) in [5, 5.41) is 5.16. The molecule has 0 spiro atoms. The largest absolute Gasteiger partial charge is 0.457 e. The van der Waals surface area contributed by atoms with Crippen molar-refractivity contribution in [3.05, 3.63) is 65.9 Å². The minimum absolute atomic E-state index is 0.281. The predicted octanol–water partition coefficient (Wildman–Crippen LogP) is 2.93. The first-order valence-electron chi connectivity index (χ1n) is 6.37. The first-order chi connectivity index (χ1) is 9.74. The normalized spacial score (nSPS) is 10.7. The Morgan fingerprint density at radius 1 is 1.20 bits per heavy atom. The van der Waals surface area contributed by atoms with Gasteiger partial charge in [-0.25, -0.2) is 4.79 Å². The molecule has 0 aliphatic heterocycles. The van der Waals surface area contributed by atoms with Crippen LogP contribution in [0.15, 0.2) is 54.7 Å². The molecule has 0 fully saturated rings. The number of aromatic nitrogens is 2. The highest BCUT2D eigenvalue weighted by molar-refractivity contribution is 5.94. The molecule has 100 valence electrons. The molecule has 0 saturated carbocycles. The van der Waals surface area contributed by atoms with E-state index < -0.39 is 0 Å². The number of hydrogen-bond acceptors (Lipinski definition) is 3. The summed E-state index contributed by atoms with van der Waals surface area (Å²) in [4.78, 5) is 12.0. The van der Waals surface area contributed by atoms with Crippen LogP contribution < -0.4 is 0 Å². The summed E-state index contributed by atoms with van der Waals surface area (Å²) in [6.07, 6.45) is 1.77. The zero-order valence-corrected chi connectivity index (χ0v) is 11.1. The van der Waals surface area contributed by atoms with Gasteiger partial charge in [0.25, 0.3) is 0 Å². The average molecular weight is 266 g/mol. The Bertz CT molecular complexity index is 748. The molecular formula is C16H14N2O2. The molecule has 0 unspecified atom stereocenters. The number of nitrogens with zero attached hydrogens (tertiary/aromatic N) is 2. The number of carbonyl (C=O) groups is 1. The molecule has 0 bridgehead atoms. The van der Waals surface area contributed by atoms with Gasteiger partial charge in [0.2, 0.25) is 0 Å². The third-order valence-corrected chi connectivity index (χ3v) is 3.20. The van der Waals surface area contributed by atoms with Gasteiger partial charge in [-0.3, -0.25) is 4.68 Å². The lowest BCUT2D eigenvalue weighted by atomic mass is 10.1. The maximum atomic E-state index is 12.0. The first kappa shape index (κ1) is 12.4. The van der Waals surface area contributed by atoms with Crippen molar-refractivity contribution in [1.82, 2.24) is 9.78 Å². The Hall–Kier alpha value is -2.62. The fourth-order valence-corrected chi connectivity index (χ4v) is 2.08. The van der Waals surface area contributed by atoms with Crippen LogP contribution in [0.25, 0.3) is 10.9 Å². The highest BCUT2D eigenvalue weighted by Gasteiger charge is 2.09. The van der Waals surface area contributed by atoms with E-state index in [0.29, 0.717) is 5.56 Å². The van der Waals surface area contributed by atoms with Gasteiger partial charge >= 0.3 is 5.97 Å². The number of esters is 1. The first-order valence-corrected chi connectivity index (χ1v) is 6.37. The van der Waals surface area contributed by atoms with Crippen molar-refractivity contribution in [2.45, 2.75) is 6.61 Å². The lowest BCUT2D eigenvalue weighted by Crippen LogP contribution is -2.05. The molecule has 2 aromatic carbocycles. The summed E-state index contributed by atoms with van der Waals surface area (Å²) >= 11 is 0. The third-order valence-electron chi connectivity index (χ3n) is 3.20. The zero-order valence-electron chi connectivity index (χ0n) is 11.1. The third kappa shape index (κ3) is 2.40. The standard InChI is InChI=1S/C16H14N2O2/c1-18-15-9-13(7-8-14(15)10-17-18)16(19)20-11-12-5-3-2-4-6-12/h2-10H,11H2,1H3. The van der Waals surface area contributed by atoms with Crippen LogP contribution in [0.4, 0.5) is 0 Å². The maximum absolute atomic E-state index is 12.0. The zero-order chi connectivity index (χ0) is 13.9. The van der Waals surface area contributed by atoms with Crippen molar-refractivity contribution in [3.8, 4) is 0 Å². The summed E-state index contributed by atoms with van der Waals surface area (Å²) < 4.78 is 7.05. The number of rotatable bonds is 3. The highest BCUT2D eigenvalue weighted by Crippen LogP contribution is 2.16. The predicted molar refractivity (Wildman–Crippen MR) is 76.3 cm³/mol. The second-order valence-electron chi connectivity index (χ2n) is 4.60. The molecule has 0 amide bonds. The molecule has 0 aliphatic carbocycles. The lowest BCUT2D eigenvalue weighted by Gasteiger charge is -2.05. The summed E-state index contributed by atoms with van der Waals surface area (Å²) in [5.41, 5.74) is 2.43. The molecular weight excluding hydrogens is 252 g/mol. The van der Waals surface area contributed by atoms with E-state index in [1.54, 1.807) is 23.0 Å². The maximum Gasteiger partial charge on any atom is 0.338 e. The number of aryl methyl sites for hydroxylation is 1. The molecule has 1 heterocycles. The van der Waals surface area contributed by atoms with E-state index in [2.05, 4.69) is 5.10 Å². The molecule has 0 radical (unpaired) electrons. The molecule has 0 saturated heterocycles. The van der Waals surface area contributed by atoms with Crippen LogP contribution in [0.5, 0.6) is 0 Å². The lowest BCUT2D eigenvalue weighted by molar-refractivity contribution is 0.0473. The number of fused-ring (bicyclic) bond motifs is 1. The van der Waals surface area contributed by atoms with Crippen LogP contribution in [0, 0.1) is 0 Å². The van der Waals surface area contributed by atoms with Gasteiger partial charge in [-0.15, -0.1) is 0 Å². The van der Waals surface area contributed by atoms with Gasteiger partial charge < -0.3 is 4.74 Å². The molecule has 3 aromatic rings. The van der Waals surface area contributed by atoms with Gasteiger partial charge in [0.1, 0.15) is 6.61 Å².